The van der Waals surface area contributed by atoms with E-state index in [1.807, 2.05) is 0 Å². The number of anilines is 1. The normalized spacial score (nSPS) is 11.8. The molecule has 0 unspecified atom stereocenters. The second kappa shape index (κ2) is 3.62. The maximum Gasteiger partial charge on any atom is 0.0603 e. The van der Waals surface area contributed by atoms with Crippen LogP contribution in [-0.4, -0.2) is 0 Å². The lowest BCUT2D eigenvalue weighted by atomic mass is 9.87. The Morgan fingerprint density at radius 2 is 1.46 bits per heavy atom. The highest BCUT2D eigenvalue weighted by Crippen LogP contribution is 2.34. The summed E-state index contributed by atoms with van der Waals surface area (Å²) in [5.41, 5.74) is 7.97. The minimum Gasteiger partial charge on any atom is -0.397 e. The first-order valence-corrected chi connectivity index (χ1v) is 5.66. The van der Waals surface area contributed by atoms with Crippen LogP contribution in [0, 0.1) is 0 Å². The molecule has 0 saturated carbocycles. The fraction of sp³-hybridized carbons (Fsp3) is 0.400. The summed E-state index contributed by atoms with van der Waals surface area (Å²) in [5.74, 6) is 0. The van der Waals surface area contributed by atoms with Gasteiger partial charge in [-0.3, -0.25) is 0 Å². The van der Waals surface area contributed by atoms with Crippen LogP contribution >= 0.6 is 31.9 Å². The first-order chi connectivity index (χ1) is 5.82. The van der Waals surface area contributed by atoms with Crippen molar-refractivity contribution in [3.63, 3.8) is 0 Å². The maximum atomic E-state index is 5.80. The molecule has 0 saturated heterocycles. The van der Waals surface area contributed by atoms with Crippen LogP contribution in [0.4, 0.5) is 5.69 Å². The van der Waals surface area contributed by atoms with Gasteiger partial charge in [-0.25, -0.2) is 0 Å². The zero-order chi connectivity index (χ0) is 10.2. The zero-order valence-corrected chi connectivity index (χ0v) is 11.2. The fourth-order valence-electron chi connectivity index (χ4n) is 1.02. The van der Waals surface area contributed by atoms with Gasteiger partial charge in [0.05, 0.1) is 5.69 Å². The third-order valence-electron chi connectivity index (χ3n) is 1.95. The SMILES string of the molecule is CC(C)(C)c1cc(Br)c(N)c(Br)c1. The van der Waals surface area contributed by atoms with Crippen LogP contribution in [0.1, 0.15) is 26.3 Å². The fourth-order valence-corrected chi connectivity index (χ4v) is 2.20. The van der Waals surface area contributed by atoms with Gasteiger partial charge < -0.3 is 5.73 Å². The monoisotopic (exact) mass is 305 g/mol. The standard InChI is InChI=1S/C10H13Br2N/c1-10(2,3)6-4-7(11)9(13)8(12)5-6/h4-5H,13H2,1-3H3. The maximum absolute atomic E-state index is 5.80. The second-order valence-electron chi connectivity index (χ2n) is 4.10. The number of nitrogens with two attached hydrogens (primary N) is 1. The molecule has 0 amide bonds. The predicted octanol–water partition coefficient (Wildman–Crippen LogP) is 4.09. The van der Waals surface area contributed by atoms with Crippen LogP contribution in [0.25, 0.3) is 0 Å². The molecule has 0 aliphatic heterocycles. The van der Waals surface area contributed by atoms with E-state index in [0.717, 1.165) is 14.6 Å². The van der Waals surface area contributed by atoms with Crippen molar-refractivity contribution >= 4 is 37.5 Å². The number of hydrogen-bond acceptors (Lipinski definition) is 1. The van der Waals surface area contributed by atoms with Gasteiger partial charge in [0.1, 0.15) is 0 Å². The molecule has 1 aromatic rings. The first kappa shape index (κ1) is 11.1. The van der Waals surface area contributed by atoms with Crippen molar-refractivity contribution in [3.8, 4) is 0 Å². The second-order valence-corrected chi connectivity index (χ2v) is 5.81. The lowest BCUT2D eigenvalue weighted by Crippen LogP contribution is -2.11. The van der Waals surface area contributed by atoms with Gasteiger partial charge in [0, 0.05) is 8.95 Å². The zero-order valence-electron chi connectivity index (χ0n) is 7.99. The summed E-state index contributed by atoms with van der Waals surface area (Å²) in [5, 5.41) is 0. The van der Waals surface area contributed by atoms with Crippen LogP contribution in [0.15, 0.2) is 21.1 Å². The van der Waals surface area contributed by atoms with E-state index in [-0.39, 0.29) is 5.41 Å². The van der Waals surface area contributed by atoms with Crippen LogP contribution in [0.5, 0.6) is 0 Å². The molecule has 0 radical (unpaired) electrons. The predicted molar refractivity (Wildman–Crippen MR) is 65.0 cm³/mol. The van der Waals surface area contributed by atoms with Crippen LogP contribution in [0.2, 0.25) is 0 Å². The van der Waals surface area contributed by atoms with E-state index in [4.69, 9.17) is 5.73 Å². The Kier molecular flexibility index (Phi) is 3.08. The number of rotatable bonds is 0. The van der Waals surface area contributed by atoms with Crippen molar-refractivity contribution in [2.75, 3.05) is 5.73 Å². The van der Waals surface area contributed by atoms with E-state index in [1.165, 1.54) is 5.56 Å². The lowest BCUT2D eigenvalue weighted by Gasteiger charge is -2.20. The van der Waals surface area contributed by atoms with Gasteiger partial charge in [-0.2, -0.15) is 0 Å². The topological polar surface area (TPSA) is 26.0 Å². The van der Waals surface area contributed by atoms with Crippen LogP contribution < -0.4 is 5.73 Å². The molecule has 0 heterocycles. The van der Waals surface area contributed by atoms with Gasteiger partial charge in [0.15, 0.2) is 0 Å². The lowest BCUT2D eigenvalue weighted by molar-refractivity contribution is 0.589. The smallest absolute Gasteiger partial charge is 0.0603 e. The highest BCUT2D eigenvalue weighted by Gasteiger charge is 2.16. The summed E-state index contributed by atoms with van der Waals surface area (Å²) >= 11 is 6.87. The highest BCUT2D eigenvalue weighted by atomic mass is 79.9. The molecule has 0 aliphatic rings. The van der Waals surface area contributed by atoms with E-state index in [9.17, 15) is 0 Å². The molecule has 0 bridgehead atoms. The molecule has 0 aromatic heterocycles. The summed E-state index contributed by atoms with van der Waals surface area (Å²) in [6, 6.07) is 4.14. The molecule has 1 aromatic carbocycles. The average Bonchev–Trinajstić information content (AvgIpc) is 1.97. The molecule has 0 atom stereocenters. The van der Waals surface area contributed by atoms with Gasteiger partial charge >= 0.3 is 0 Å². The van der Waals surface area contributed by atoms with E-state index in [0.29, 0.717) is 0 Å². The minimum absolute atomic E-state index is 0.152. The average molecular weight is 307 g/mol. The van der Waals surface area contributed by atoms with Crippen LogP contribution in [0.3, 0.4) is 0 Å². The van der Waals surface area contributed by atoms with Crippen molar-refractivity contribution in [1.82, 2.24) is 0 Å². The molecule has 72 valence electrons. The Labute approximate surface area is 96.0 Å². The molecule has 0 aliphatic carbocycles. The number of halogens is 2. The van der Waals surface area contributed by atoms with Crippen molar-refractivity contribution in [3.05, 3.63) is 26.6 Å². The third kappa shape index (κ3) is 2.47. The Morgan fingerprint density at radius 3 is 1.77 bits per heavy atom. The van der Waals surface area contributed by atoms with Crippen LogP contribution in [-0.2, 0) is 5.41 Å². The Hall–Kier alpha value is -0.0200. The van der Waals surface area contributed by atoms with Gasteiger partial charge in [-0.05, 0) is 55.0 Å². The summed E-state index contributed by atoms with van der Waals surface area (Å²) in [6.45, 7) is 6.53. The number of hydrogen-bond donors (Lipinski definition) is 1. The summed E-state index contributed by atoms with van der Waals surface area (Å²) < 4.78 is 1.90. The van der Waals surface area contributed by atoms with Gasteiger partial charge in [0.25, 0.3) is 0 Å². The molecule has 0 fully saturated rings. The Bertz CT molecular complexity index is 303. The molecule has 13 heavy (non-hydrogen) atoms. The summed E-state index contributed by atoms with van der Waals surface area (Å²) in [7, 11) is 0. The summed E-state index contributed by atoms with van der Waals surface area (Å²) in [6.07, 6.45) is 0. The minimum atomic E-state index is 0.152. The molecular weight excluding hydrogens is 294 g/mol. The van der Waals surface area contributed by atoms with Crippen molar-refractivity contribution < 1.29 is 0 Å². The molecule has 1 nitrogen and oxygen atoms in total. The Balaban J connectivity index is 3.29. The van der Waals surface area contributed by atoms with Crippen molar-refractivity contribution in [2.24, 2.45) is 0 Å². The van der Waals surface area contributed by atoms with E-state index < -0.39 is 0 Å². The Morgan fingerprint density at radius 1 is 1.08 bits per heavy atom. The highest BCUT2D eigenvalue weighted by molar-refractivity contribution is 9.11. The molecule has 3 heteroatoms. The van der Waals surface area contributed by atoms with E-state index in [2.05, 4.69) is 64.8 Å². The number of nitrogen functional groups attached to an aromatic ring is 1. The first-order valence-electron chi connectivity index (χ1n) is 4.07. The van der Waals surface area contributed by atoms with Crippen molar-refractivity contribution in [2.45, 2.75) is 26.2 Å². The molecule has 1 rings (SSSR count). The van der Waals surface area contributed by atoms with E-state index >= 15 is 0 Å². The van der Waals surface area contributed by atoms with Gasteiger partial charge in [0.2, 0.25) is 0 Å². The molecule has 0 spiro atoms. The van der Waals surface area contributed by atoms with Crippen molar-refractivity contribution in [1.29, 1.82) is 0 Å². The molecule has 2 N–H and O–H groups in total. The number of benzene rings is 1. The quantitative estimate of drug-likeness (QED) is 0.718. The largest absolute Gasteiger partial charge is 0.397 e. The van der Waals surface area contributed by atoms with Gasteiger partial charge in [-0.15, -0.1) is 0 Å². The third-order valence-corrected chi connectivity index (χ3v) is 3.26. The van der Waals surface area contributed by atoms with Gasteiger partial charge in [-0.1, -0.05) is 20.8 Å². The van der Waals surface area contributed by atoms with E-state index in [1.54, 1.807) is 0 Å². The summed E-state index contributed by atoms with van der Waals surface area (Å²) in [4.78, 5) is 0. The molecular formula is C10H13Br2N.